The molecule has 1 aliphatic heterocycles. The third-order valence-electron chi connectivity index (χ3n) is 3.91. The number of ketones is 1. The fourth-order valence-corrected chi connectivity index (χ4v) is 3.31. The second kappa shape index (κ2) is 2.43. The number of amides is 2. The Kier molecular flexibility index (Phi) is 1.42. The molecule has 0 radical (unpaired) electrons. The van der Waals surface area contributed by atoms with Crippen molar-refractivity contribution in [2.75, 3.05) is 0 Å². The van der Waals surface area contributed by atoms with Gasteiger partial charge in [0.15, 0.2) is 0 Å². The molecule has 1 heterocycles. The van der Waals surface area contributed by atoms with Crippen molar-refractivity contribution in [3.05, 3.63) is 0 Å². The van der Waals surface area contributed by atoms with Gasteiger partial charge in [-0.05, 0) is 18.8 Å². The lowest BCUT2D eigenvalue weighted by Crippen LogP contribution is -2.46. The SMILES string of the molecule is O=C1NC(=O)[C@H]2C3CC[C@@H](C(=O)C3)[C@@H]12. The smallest absolute Gasteiger partial charge is 0.231 e. The highest BCUT2D eigenvalue weighted by molar-refractivity contribution is 6.08. The molecule has 4 atom stereocenters. The van der Waals surface area contributed by atoms with Gasteiger partial charge in [-0.15, -0.1) is 0 Å². The van der Waals surface area contributed by atoms with Gasteiger partial charge in [0.1, 0.15) is 5.78 Å². The van der Waals surface area contributed by atoms with E-state index in [0.717, 1.165) is 12.8 Å². The van der Waals surface area contributed by atoms with Gasteiger partial charge in [-0.1, -0.05) is 0 Å². The molecule has 4 aliphatic rings. The first kappa shape index (κ1) is 8.15. The molecule has 4 fully saturated rings. The molecule has 3 aliphatic carbocycles. The van der Waals surface area contributed by atoms with Crippen molar-refractivity contribution in [3.63, 3.8) is 0 Å². The van der Waals surface area contributed by atoms with Gasteiger partial charge in [-0.3, -0.25) is 19.7 Å². The first-order valence-electron chi connectivity index (χ1n) is 5.06. The normalized spacial score (nSPS) is 45.3. The number of imide groups is 1. The minimum atomic E-state index is -0.331. The molecule has 4 heteroatoms. The number of hydrogen-bond acceptors (Lipinski definition) is 3. The molecule has 14 heavy (non-hydrogen) atoms. The van der Waals surface area contributed by atoms with E-state index in [9.17, 15) is 14.4 Å². The van der Waals surface area contributed by atoms with E-state index in [4.69, 9.17) is 0 Å². The summed E-state index contributed by atoms with van der Waals surface area (Å²) in [6.45, 7) is 0. The maximum atomic E-state index is 11.6. The lowest BCUT2D eigenvalue weighted by molar-refractivity contribution is -0.143. The van der Waals surface area contributed by atoms with Crippen LogP contribution in [0.15, 0.2) is 0 Å². The van der Waals surface area contributed by atoms with Gasteiger partial charge in [-0.25, -0.2) is 0 Å². The molecular formula is C10H11NO3. The van der Waals surface area contributed by atoms with Crippen LogP contribution in [0.3, 0.4) is 0 Å². The highest BCUT2D eigenvalue weighted by Crippen LogP contribution is 2.49. The van der Waals surface area contributed by atoms with E-state index in [1.54, 1.807) is 0 Å². The van der Waals surface area contributed by atoms with Crippen LogP contribution in [0, 0.1) is 23.7 Å². The van der Waals surface area contributed by atoms with Gasteiger partial charge >= 0.3 is 0 Å². The van der Waals surface area contributed by atoms with Gasteiger partial charge in [0.05, 0.1) is 11.8 Å². The maximum absolute atomic E-state index is 11.6. The zero-order valence-electron chi connectivity index (χ0n) is 7.66. The van der Waals surface area contributed by atoms with Crippen molar-refractivity contribution in [3.8, 4) is 0 Å². The van der Waals surface area contributed by atoms with Crippen LogP contribution in [0.1, 0.15) is 19.3 Å². The lowest BCUT2D eigenvalue weighted by Gasteiger charge is -2.41. The van der Waals surface area contributed by atoms with Crippen molar-refractivity contribution in [1.82, 2.24) is 5.32 Å². The third kappa shape index (κ3) is 0.811. The Hall–Kier alpha value is -1.19. The Bertz CT molecular complexity index is 349. The van der Waals surface area contributed by atoms with Crippen LogP contribution >= 0.6 is 0 Å². The number of carbonyl (C=O) groups is 3. The Labute approximate surface area is 81.0 Å². The molecule has 0 spiro atoms. The summed E-state index contributed by atoms with van der Waals surface area (Å²) in [6, 6.07) is 0. The van der Waals surface area contributed by atoms with E-state index in [1.807, 2.05) is 0 Å². The average molecular weight is 193 g/mol. The summed E-state index contributed by atoms with van der Waals surface area (Å²) in [5.41, 5.74) is 0. The number of nitrogens with one attached hydrogen (secondary N) is 1. The molecule has 0 aromatic rings. The van der Waals surface area contributed by atoms with Crippen LogP contribution in [-0.2, 0) is 14.4 Å². The molecule has 1 N–H and O–H groups in total. The first-order chi connectivity index (χ1) is 6.68. The van der Waals surface area contributed by atoms with Gasteiger partial charge in [-0.2, -0.15) is 0 Å². The van der Waals surface area contributed by atoms with Gasteiger partial charge in [0, 0.05) is 12.3 Å². The van der Waals surface area contributed by atoms with Crippen LogP contribution in [0.5, 0.6) is 0 Å². The number of Topliss-reactive ketones (excluding diaryl/α,β-unsaturated/α-hetero) is 1. The summed E-state index contributed by atoms with van der Waals surface area (Å²) in [4.78, 5) is 34.5. The highest BCUT2D eigenvalue weighted by Gasteiger charge is 2.57. The van der Waals surface area contributed by atoms with Gasteiger partial charge < -0.3 is 0 Å². The van der Waals surface area contributed by atoms with Crippen LogP contribution in [0.25, 0.3) is 0 Å². The summed E-state index contributed by atoms with van der Waals surface area (Å²) in [7, 11) is 0. The lowest BCUT2D eigenvalue weighted by atomic mass is 9.59. The maximum Gasteiger partial charge on any atom is 0.231 e. The number of rotatable bonds is 0. The van der Waals surface area contributed by atoms with Crippen molar-refractivity contribution in [2.45, 2.75) is 19.3 Å². The summed E-state index contributed by atoms with van der Waals surface area (Å²) in [5, 5.41) is 2.35. The molecule has 74 valence electrons. The fourth-order valence-electron chi connectivity index (χ4n) is 3.31. The molecule has 2 amide bonds. The average Bonchev–Trinajstić information content (AvgIpc) is 2.45. The molecule has 2 bridgehead atoms. The minimum Gasteiger partial charge on any atom is -0.299 e. The van der Waals surface area contributed by atoms with E-state index in [1.165, 1.54) is 0 Å². The van der Waals surface area contributed by atoms with Crippen molar-refractivity contribution in [1.29, 1.82) is 0 Å². The molecule has 4 rings (SSSR count). The number of fused-ring (bicyclic) bond motifs is 2. The fraction of sp³-hybridized carbons (Fsp3) is 0.700. The molecule has 1 saturated heterocycles. The van der Waals surface area contributed by atoms with E-state index in [-0.39, 0.29) is 41.3 Å². The van der Waals surface area contributed by atoms with Crippen molar-refractivity contribution < 1.29 is 14.4 Å². The Morgan fingerprint density at radius 2 is 1.71 bits per heavy atom. The monoisotopic (exact) mass is 193 g/mol. The largest absolute Gasteiger partial charge is 0.299 e. The molecule has 0 aromatic carbocycles. The zero-order chi connectivity index (χ0) is 9.87. The third-order valence-corrected chi connectivity index (χ3v) is 3.91. The highest BCUT2D eigenvalue weighted by atomic mass is 16.2. The topological polar surface area (TPSA) is 63.2 Å². The van der Waals surface area contributed by atoms with Crippen LogP contribution in [0.2, 0.25) is 0 Å². The number of hydrogen-bond donors (Lipinski definition) is 1. The first-order valence-corrected chi connectivity index (χ1v) is 5.06. The van der Waals surface area contributed by atoms with Crippen LogP contribution in [-0.4, -0.2) is 17.6 Å². The predicted octanol–water partition coefficient (Wildman–Crippen LogP) is -0.126. The second-order valence-corrected chi connectivity index (χ2v) is 4.52. The van der Waals surface area contributed by atoms with Crippen LogP contribution < -0.4 is 5.32 Å². The van der Waals surface area contributed by atoms with E-state index in [0.29, 0.717) is 6.42 Å². The standard InChI is InChI=1S/C10H11NO3/c12-6-3-4-1-2-5(6)8-7(4)9(13)11-10(8)14/h4-5,7-8H,1-3H2,(H,11,13,14)/t4?,5-,7-,8+/m0/s1. The summed E-state index contributed by atoms with van der Waals surface area (Å²) in [5.74, 6) is -0.751. The van der Waals surface area contributed by atoms with E-state index >= 15 is 0 Å². The molecule has 0 aromatic heterocycles. The Morgan fingerprint density at radius 1 is 1.00 bits per heavy atom. The summed E-state index contributed by atoms with van der Waals surface area (Å²) < 4.78 is 0. The number of carbonyl (C=O) groups excluding carboxylic acids is 3. The summed E-state index contributed by atoms with van der Waals surface area (Å²) >= 11 is 0. The minimum absolute atomic E-state index is 0.129. The molecule has 3 saturated carbocycles. The zero-order valence-corrected chi connectivity index (χ0v) is 7.66. The van der Waals surface area contributed by atoms with Gasteiger partial charge in [0.25, 0.3) is 0 Å². The Balaban J connectivity index is 2.04. The van der Waals surface area contributed by atoms with Gasteiger partial charge in [0.2, 0.25) is 11.8 Å². The van der Waals surface area contributed by atoms with Crippen LogP contribution in [0.4, 0.5) is 0 Å². The predicted molar refractivity (Wildman–Crippen MR) is 46.0 cm³/mol. The quantitative estimate of drug-likeness (QED) is 0.545. The summed E-state index contributed by atoms with van der Waals surface area (Å²) in [6.07, 6.45) is 2.23. The van der Waals surface area contributed by atoms with E-state index < -0.39 is 0 Å². The van der Waals surface area contributed by atoms with Crippen molar-refractivity contribution in [2.24, 2.45) is 23.7 Å². The second-order valence-electron chi connectivity index (χ2n) is 4.52. The molecule has 4 nitrogen and oxygen atoms in total. The van der Waals surface area contributed by atoms with E-state index in [2.05, 4.69) is 5.32 Å². The Morgan fingerprint density at radius 3 is 2.43 bits per heavy atom. The van der Waals surface area contributed by atoms with Crippen molar-refractivity contribution >= 4 is 17.6 Å². The molecule has 1 unspecified atom stereocenters. The molecular weight excluding hydrogens is 182 g/mol.